The molecule has 1 aliphatic carbocycles. The van der Waals surface area contributed by atoms with Gasteiger partial charge >= 0.3 is 0 Å². The molecule has 0 aromatic heterocycles. The number of amides is 1. The largest absolute Gasteiger partial charge is 0.507 e. The molecule has 1 saturated carbocycles. The van der Waals surface area contributed by atoms with Crippen molar-refractivity contribution in [2.75, 3.05) is 0 Å². The summed E-state index contributed by atoms with van der Waals surface area (Å²) in [6.45, 7) is 9.74. The van der Waals surface area contributed by atoms with Gasteiger partial charge in [0.15, 0.2) is 0 Å². The van der Waals surface area contributed by atoms with Crippen molar-refractivity contribution in [3.05, 3.63) is 41.2 Å². The first-order chi connectivity index (χ1) is 10.6. The summed E-state index contributed by atoms with van der Waals surface area (Å²) < 4.78 is 13.3. The second-order valence-corrected chi connectivity index (χ2v) is 6.90. The number of benzene rings is 1. The molecule has 124 valence electrons. The SMILES string of the molecule is CC(C)=CC1C(C(=O)N/N=C(\C)c2cc(F)ccc2O)C1(C)C. The number of aromatic hydroxyl groups is 1. The fourth-order valence-electron chi connectivity index (χ4n) is 2.92. The van der Waals surface area contributed by atoms with E-state index >= 15 is 0 Å². The number of hydrazone groups is 1. The number of phenolic OH excluding ortho intramolecular Hbond substituents is 1. The summed E-state index contributed by atoms with van der Waals surface area (Å²) in [5.74, 6) is -0.630. The lowest BCUT2D eigenvalue weighted by atomic mass is 10.1. The van der Waals surface area contributed by atoms with Gasteiger partial charge in [-0.2, -0.15) is 5.10 Å². The highest BCUT2D eigenvalue weighted by atomic mass is 19.1. The van der Waals surface area contributed by atoms with Crippen LogP contribution in [0.25, 0.3) is 0 Å². The van der Waals surface area contributed by atoms with Crippen LogP contribution >= 0.6 is 0 Å². The maximum atomic E-state index is 13.3. The minimum absolute atomic E-state index is 0.0731. The highest BCUT2D eigenvalue weighted by molar-refractivity contribution is 6.01. The van der Waals surface area contributed by atoms with Gasteiger partial charge in [-0.3, -0.25) is 4.79 Å². The highest BCUT2D eigenvalue weighted by Crippen LogP contribution is 2.59. The van der Waals surface area contributed by atoms with Gasteiger partial charge in [0, 0.05) is 5.56 Å². The number of halogens is 1. The molecule has 4 nitrogen and oxygen atoms in total. The summed E-state index contributed by atoms with van der Waals surface area (Å²) in [7, 11) is 0. The van der Waals surface area contributed by atoms with Gasteiger partial charge in [-0.25, -0.2) is 9.82 Å². The van der Waals surface area contributed by atoms with Crippen molar-refractivity contribution in [1.82, 2.24) is 5.43 Å². The van der Waals surface area contributed by atoms with E-state index in [4.69, 9.17) is 0 Å². The quantitative estimate of drug-likeness (QED) is 0.506. The number of carbonyl (C=O) groups excluding carboxylic acids is 1. The van der Waals surface area contributed by atoms with Crippen molar-refractivity contribution in [2.45, 2.75) is 34.6 Å². The Bertz CT molecular complexity index is 688. The molecule has 5 heteroatoms. The predicted octanol–water partition coefficient (Wildman–Crippen LogP) is 3.61. The first kappa shape index (κ1) is 17.2. The van der Waals surface area contributed by atoms with Crippen LogP contribution in [0, 0.1) is 23.1 Å². The van der Waals surface area contributed by atoms with Gasteiger partial charge in [-0.15, -0.1) is 0 Å². The molecule has 1 fully saturated rings. The third-order valence-corrected chi connectivity index (χ3v) is 4.39. The number of allylic oxidation sites excluding steroid dienone is 2. The first-order valence-electron chi connectivity index (χ1n) is 7.62. The number of nitrogens with zero attached hydrogens (tertiary/aromatic N) is 1. The van der Waals surface area contributed by atoms with Crippen LogP contribution in [0.15, 0.2) is 34.9 Å². The zero-order valence-corrected chi connectivity index (χ0v) is 14.1. The Hall–Kier alpha value is -2.17. The van der Waals surface area contributed by atoms with Gasteiger partial charge in [0.2, 0.25) is 5.91 Å². The molecule has 2 unspecified atom stereocenters. The number of carbonyl (C=O) groups is 1. The van der Waals surface area contributed by atoms with E-state index in [1.165, 1.54) is 23.8 Å². The Morgan fingerprint density at radius 1 is 1.35 bits per heavy atom. The molecule has 2 atom stereocenters. The van der Waals surface area contributed by atoms with Crippen LogP contribution in [-0.2, 0) is 4.79 Å². The fraction of sp³-hybridized carbons (Fsp3) is 0.444. The highest BCUT2D eigenvalue weighted by Gasteiger charge is 2.60. The lowest BCUT2D eigenvalue weighted by molar-refractivity contribution is -0.123. The number of rotatable bonds is 4. The molecule has 0 heterocycles. The van der Waals surface area contributed by atoms with Gasteiger partial charge in [-0.1, -0.05) is 25.5 Å². The Labute approximate surface area is 136 Å². The van der Waals surface area contributed by atoms with Gasteiger partial charge in [0.05, 0.1) is 11.6 Å². The number of hydrogen-bond acceptors (Lipinski definition) is 3. The Morgan fingerprint density at radius 2 is 2.00 bits per heavy atom. The Balaban J connectivity index is 2.10. The average Bonchev–Trinajstić information content (AvgIpc) is 2.98. The van der Waals surface area contributed by atoms with E-state index in [0.29, 0.717) is 5.71 Å². The minimum atomic E-state index is -0.467. The second-order valence-electron chi connectivity index (χ2n) is 6.90. The predicted molar refractivity (Wildman–Crippen MR) is 88.6 cm³/mol. The van der Waals surface area contributed by atoms with Crippen LogP contribution in [0.3, 0.4) is 0 Å². The monoisotopic (exact) mass is 318 g/mol. The smallest absolute Gasteiger partial charge is 0.244 e. The molecule has 2 rings (SSSR count). The molecule has 1 amide bonds. The maximum absolute atomic E-state index is 13.3. The third kappa shape index (κ3) is 3.60. The maximum Gasteiger partial charge on any atom is 0.244 e. The molecule has 0 spiro atoms. The molecule has 0 bridgehead atoms. The van der Waals surface area contributed by atoms with Gasteiger partial charge in [0.1, 0.15) is 11.6 Å². The Morgan fingerprint density at radius 3 is 2.61 bits per heavy atom. The third-order valence-electron chi connectivity index (χ3n) is 4.39. The molecular weight excluding hydrogens is 295 g/mol. The summed E-state index contributed by atoms with van der Waals surface area (Å²) >= 11 is 0. The molecular formula is C18H23FN2O2. The van der Waals surface area contributed by atoms with Crippen molar-refractivity contribution < 1.29 is 14.3 Å². The van der Waals surface area contributed by atoms with Crippen molar-refractivity contribution >= 4 is 11.6 Å². The summed E-state index contributed by atoms with van der Waals surface area (Å²) in [6.07, 6.45) is 2.11. The van der Waals surface area contributed by atoms with Crippen LogP contribution in [0.1, 0.15) is 40.2 Å². The fourth-order valence-corrected chi connectivity index (χ4v) is 2.92. The summed E-state index contributed by atoms with van der Waals surface area (Å²) in [4.78, 5) is 12.3. The van der Waals surface area contributed by atoms with Crippen molar-refractivity contribution in [3.8, 4) is 5.75 Å². The minimum Gasteiger partial charge on any atom is -0.507 e. The van der Waals surface area contributed by atoms with Crippen molar-refractivity contribution in [2.24, 2.45) is 22.4 Å². The lowest BCUT2D eigenvalue weighted by Gasteiger charge is -2.06. The molecule has 1 aromatic rings. The molecule has 2 N–H and O–H groups in total. The molecule has 1 aromatic carbocycles. The van der Waals surface area contributed by atoms with E-state index in [-0.39, 0.29) is 34.5 Å². The Kier molecular flexibility index (Phi) is 4.59. The molecule has 0 aliphatic heterocycles. The molecule has 1 aliphatic rings. The van der Waals surface area contributed by atoms with Gasteiger partial charge < -0.3 is 5.11 Å². The van der Waals surface area contributed by atoms with Crippen LogP contribution in [-0.4, -0.2) is 16.7 Å². The molecule has 23 heavy (non-hydrogen) atoms. The van der Waals surface area contributed by atoms with E-state index in [9.17, 15) is 14.3 Å². The van der Waals surface area contributed by atoms with Crippen LogP contribution in [0.2, 0.25) is 0 Å². The number of hydrogen-bond donors (Lipinski definition) is 2. The second kappa shape index (κ2) is 6.14. The summed E-state index contributed by atoms with van der Waals surface area (Å²) in [5.41, 5.74) is 4.25. The van der Waals surface area contributed by atoms with E-state index in [2.05, 4.69) is 30.5 Å². The molecule has 0 saturated heterocycles. The number of nitrogens with one attached hydrogen (secondary N) is 1. The summed E-state index contributed by atoms with van der Waals surface area (Å²) in [5, 5.41) is 13.8. The van der Waals surface area contributed by atoms with Crippen molar-refractivity contribution in [1.29, 1.82) is 0 Å². The van der Waals surface area contributed by atoms with Gasteiger partial charge in [-0.05, 0) is 50.3 Å². The topological polar surface area (TPSA) is 61.7 Å². The van der Waals surface area contributed by atoms with Gasteiger partial charge in [0.25, 0.3) is 0 Å². The van der Waals surface area contributed by atoms with E-state index in [0.717, 1.165) is 0 Å². The van der Waals surface area contributed by atoms with Crippen LogP contribution < -0.4 is 5.43 Å². The van der Waals surface area contributed by atoms with Crippen molar-refractivity contribution in [3.63, 3.8) is 0 Å². The van der Waals surface area contributed by atoms with E-state index in [1.807, 2.05) is 13.8 Å². The zero-order valence-electron chi connectivity index (χ0n) is 14.1. The lowest BCUT2D eigenvalue weighted by Crippen LogP contribution is -2.23. The normalized spacial score (nSPS) is 22.4. The van der Waals surface area contributed by atoms with E-state index < -0.39 is 5.82 Å². The molecule has 0 radical (unpaired) electrons. The average molecular weight is 318 g/mol. The number of phenols is 1. The summed E-state index contributed by atoms with van der Waals surface area (Å²) in [6, 6.07) is 3.62. The zero-order chi connectivity index (χ0) is 17.4. The standard InChI is InChI=1S/C18H23FN2O2/c1-10(2)8-14-16(18(14,4)5)17(23)21-20-11(3)13-9-12(19)6-7-15(13)22/h6-9,14,16,22H,1-5H3,(H,21,23)/b20-11+. The van der Waals surface area contributed by atoms with E-state index in [1.54, 1.807) is 6.92 Å². The van der Waals surface area contributed by atoms with Crippen LogP contribution in [0.4, 0.5) is 4.39 Å². The van der Waals surface area contributed by atoms with Crippen LogP contribution in [0.5, 0.6) is 5.75 Å². The first-order valence-corrected chi connectivity index (χ1v) is 7.62.